The number of esters is 1. The first kappa shape index (κ1) is 23.6. The Bertz CT molecular complexity index is 1050. The molecule has 9 nitrogen and oxygen atoms in total. The molecule has 3 N–H and O–H groups in total. The summed E-state index contributed by atoms with van der Waals surface area (Å²) in [5, 5.41) is 15.4. The standard InChI is InChI=1S/C24H27N5O4/c1-3-33-24(32)21(26-16(2)30)14-20(27-23(31)22-15-25-29-28-22)13-17-9-11-19(12-10-17)18-7-5-4-6-8-18/h4-12,15,20-21H,3,13-14H2,1-2H3,(H,26,30)(H,27,31)(H,25,28,29). The summed E-state index contributed by atoms with van der Waals surface area (Å²) >= 11 is 0. The van der Waals surface area contributed by atoms with Crippen LogP contribution in [0.3, 0.4) is 0 Å². The highest BCUT2D eigenvalue weighted by molar-refractivity contribution is 5.92. The number of rotatable bonds is 10. The van der Waals surface area contributed by atoms with Gasteiger partial charge in [-0.15, -0.1) is 0 Å². The summed E-state index contributed by atoms with van der Waals surface area (Å²) in [6.07, 6.45) is 1.91. The topological polar surface area (TPSA) is 126 Å². The molecular weight excluding hydrogens is 422 g/mol. The lowest BCUT2D eigenvalue weighted by molar-refractivity contribution is -0.147. The number of hydrogen-bond acceptors (Lipinski definition) is 6. The van der Waals surface area contributed by atoms with Crippen molar-refractivity contribution >= 4 is 17.8 Å². The lowest BCUT2D eigenvalue weighted by Gasteiger charge is -2.24. The minimum Gasteiger partial charge on any atom is -0.464 e. The molecule has 2 atom stereocenters. The SMILES string of the molecule is CCOC(=O)C(CC(Cc1ccc(-c2ccccc2)cc1)NC(=O)c1cn[nH]n1)NC(C)=O. The molecular formula is C24H27N5O4. The van der Waals surface area contributed by atoms with Gasteiger partial charge in [-0.05, 0) is 36.5 Å². The van der Waals surface area contributed by atoms with Crippen molar-refractivity contribution in [1.82, 2.24) is 26.0 Å². The average Bonchev–Trinajstić information content (AvgIpc) is 3.35. The van der Waals surface area contributed by atoms with Gasteiger partial charge in [0.2, 0.25) is 5.91 Å². The third kappa shape index (κ3) is 6.99. The van der Waals surface area contributed by atoms with Crippen LogP contribution < -0.4 is 10.6 Å². The predicted molar refractivity (Wildman–Crippen MR) is 122 cm³/mol. The van der Waals surface area contributed by atoms with Crippen LogP contribution in [-0.2, 0) is 20.7 Å². The monoisotopic (exact) mass is 449 g/mol. The minimum absolute atomic E-state index is 0.131. The summed E-state index contributed by atoms with van der Waals surface area (Å²) in [6.45, 7) is 3.21. The van der Waals surface area contributed by atoms with Crippen LogP contribution in [0.25, 0.3) is 11.1 Å². The van der Waals surface area contributed by atoms with Gasteiger partial charge in [-0.25, -0.2) is 4.79 Å². The Hall–Kier alpha value is -4.01. The summed E-state index contributed by atoms with van der Waals surface area (Å²) in [7, 11) is 0. The Morgan fingerprint density at radius 1 is 1.00 bits per heavy atom. The Morgan fingerprint density at radius 2 is 1.70 bits per heavy atom. The molecule has 33 heavy (non-hydrogen) atoms. The highest BCUT2D eigenvalue weighted by atomic mass is 16.5. The first-order valence-corrected chi connectivity index (χ1v) is 10.7. The van der Waals surface area contributed by atoms with Gasteiger partial charge in [0.05, 0.1) is 12.8 Å². The van der Waals surface area contributed by atoms with Gasteiger partial charge in [0, 0.05) is 13.0 Å². The van der Waals surface area contributed by atoms with E-state index in [9.17, 15) is 14.4 Å². The second-order valence-electron chi connectivity index (χ2n) is 7.53. The summed E-state index contributed by atoms with van der Waals surface area (Å²) in [5.74, 6) is -1.34. The van der Waals surface area contributed by atoms with Gasteiger partial charge in [-0.2, -0.15) is 15.4 Å². The Labute approximate surface area is 191 Å². The van der Waals surface area contributed by atoms with Gasteiger partial charge in [0.15, 0.2) is 5.69 Å². The van der Waals surface area contributed by atoms with E-state index in [1.807, 2.05) is 54.6 Å². The molecule has 0 saturated heterocycles. The van der Waals surface area contributed by atoms with Crippen LogP contribution in [0.15, 0.2) is 60.8 Å². The number of nitrogens with zero attached hydrogens (tertiary/aromatic N) is 2. The van der Waals surface area contributed by atoms with Crippen LogP contribution in [0, 0.1) is 0 Å². The number of carbonyl (C=O) groups is 3. The Balaban J connectivity index is 1.79. The van der Waals surface area contributed by atoms with Crippen LogP contribution in [0.4, 0.5) is 0 Å². The Kier molecular flexibility index (Phi) is 8.29. The molecule has 2 amide bonds. The zero-order valence-electron chi connectivity index (χ0n) is 18.6. The molecule has 0 radical (unpaired) electrons. The first-order valence-electron chi connectivity index (χ1n) is 10.7. The predicted octanol–water partition coefficient (Wildman–Crippen LogP) is 2.27. The quantitative estimate of drug-likeness (QED) is 0.408. The van der Waals surface area contributed by atoms with Gasteiger partial charge < -0.3 is 15.4 Å². The molecule has 3 aromatic rings. The van der Waals surface area contributed by atoms with Crippen molar-refractivity contribution in [2.45, 2.75) is 38.8 Å². The number of aromatic amines is 1. The highest BCUT2D eigenvalue weighted by Gasteiger charge is 2.27. The van der Waals surface area contributed by atoms with E-state index in [0.29, 0.717) is 6.42 Å². The number of nitrogens with one attached hydrogen (secondary N) is 3. The number of H-pyrrole nitrogens is 1. The lowest BCUT2D eigenvalue weighted by atomic mass is 9.97. The van der Waals surface area contributed by atoms with E-state index >= 15 is 0 Å². The van der Waals surface area contributed by atoms with Gasteiger partial charge >= 0.3 is 5.97 Å². The number of aromatic nitrogens is 3. The van der Waals surface area contributed by atoms with Crippen LogP contribution in [-0.4, -0.2) is 51.9 Å². The molecule has 1 heterocycles. The smallest absolute Gasteiger partial charge is 0.328 e. The fraction of sp³-hybridized carbons (Fsp3) is 0.292. The van der Waals surface area contributed by atoms with Crippen LogP contribution in [0.2, 0.25) is 0 Å². The number of ether oxygens (including phenoxy) is 1. The van der Waals surface area contributed by atoms with E-state index < -0.39 is 24.0 Å². The molecule has 2 aromatic carbocycles. The van der Waals surface area contributed by atoms with E-state index in [-0.39, 0.29) is 24.6 Å². The van der Waals surface area contributed by atoms with Crippen molar-refractivity contribution in [2.75, 3.05) is 6.61 Å². The highest BCUT2D eigenvalue weighted by Crippen LogP contribution is 2.20. The van der Waals surface area contributed by atoms with Crippen molar-refractivity contribution in [1.29, 1.82) is 0 Å². The number of carbonyl (C=O) groups excluding carboxylic acids is 3. The van der Waals surface area contributed by atoms with Gasteiger partial charge in [0.25, 0.3) is 5.91 Å². The van der Waals surface area contributed by atoms with Crippen LogP contribution >= 0.6 is 0 Å². The maximum absolute atomic E-state index is 12.6. The zero-order chi connectivity index (χ0) is 23.6. The molecule has 0 aliphatic heterocycles. The van der Waals surface area contributed by atoms with E-state index in [4.69, 9.17) is 4.74 Å². The summed E-state index contributed by atoms with van der Waals surface area (Å²) in [6, 6.07) is 16.6. The Morgan fingerprint density at radius 3 is 2.30 bits per heavy atom. The molecule has 0 bridgehead atoms. The van der Waals surface area contributed by atoms with Gasteiger partial charge in [-0.1, -0.05) is 54.6 Å². The fourth-order valence-electron chi connectivity index (χ4n) is 3.50. The molecule has 1 aromatic heterocycles. The van der Waals surface area contributed by atoms with Crippen molar-refractivity contribution in [3.05, 3.63) is 72.1 Å². The molecule has 0 fully saturated rings. The van der Waals surface area contributed by atoms with Crippen LogP contribution in [0.1, 0.15) is 36.3 Å². The number of amides is 2. The molecule has 0 aliphatic rings. The van der Waals surface area contributed by atoms with Crippen molar-refractivity contribution in [3.63, 3.8) is 0 Å². The van der Waals surface area contributed by atoms with Gasteiger partial charge in [-0.3, -0.25) is 9.59 Å². The molecule has 0 aliphatic carbocycles. The summed E-state index contributed by atoms with van der Waals surface area (Å²) in [4.78, 5) is 36.7. The normalized spacial score (nSPS) is 12.4. The molecule has 9 heteroatoms. The third-order valence-corrected chi connectivity index (χ3v) is 4.99. The first-order chi connectivity index (χ1) is 16.0. The van der Waals surface area contributed by atoms with E-state index in [0.717, 1.165) is 16.7 Å². The zero-order valence-corrected chi connectivity index (χ0v) is 18.6. The number of benzene rings is 2. The minimum atomic E-state index is -0.895. The molecule has 2 unspecified atom stereocenters. The molecule has 172 valence electrons. The lowest BCUT2D eigenvalue weighted by Crippen LogP contribution is -2.47. The maximum atomic E-state index is 12.6. The number of hydrogen-bond donors (Lipinski definition) is 3. The second-order valence-corrected chi connectivity index (χ2v) is 7.53. The molecule has 0 spiro atoms. The van der Waals surface area contributed by atoms with Crippen molar-refractivity contribution in [3.8, 4) is 11.1 Å². The largest absolute Gasteiger partial charge is 0.464 e. The summed E-state index contributed by atoms with van der Waals surface area (Å²) < 4.78 is 5.10. The summed E-state index contributed by atoms with van der Waals surface area (Å²) in [5.41, 5.74) is 3.27. The second kappa shape index (κ2) is 11.6. The van der Waals surface area contributed by atoms with Crippen LogP contribution in [0.5, 0.6) is 0 Å². The molecule has 3 rings (SSSR count). The van der Waals surface area contributed by atoms with Crippen molar-refractivity contribution in [2.24, 2.45) is 0 Å². The van der Waals surface area contributed by atoms with Crippen molar-refractivity contribution < 1.29 is 19.1 Å². The average molecular weight is 450 g/mol. The van der Waals surface area contributed by atoms with E-state index in [2.05, 4.69) is 26.0 Å². The van der Waals surface area contributed by atoms with E-state index in [1.165, 1.54) is 13.1 Å². The third-order valence-electron chi connectivity index (χ3n) is 4.99. The van der Waals surface area contributed by atoms with Gasteiger partial charge in [0.1, 0.15) is 6.04 Å². The molecule has 0 saturated carbocycles. The van der Waals surface area contributed by atoms with E-state index in [1.54, 1.807) is 6.92 Å². The maximum Gasteiger partial charge on any atom is 0.328 e. The fourth-order valence-corrected chi connectivity index (χ4v) is 3.50.